The smallest absolute Gasteiger partial charge is 0 e. The van der Waals surface area contributed by atoms with Gasteiger partial charge in [0.2, 0.25) is 0 Å². The normalized spacial score (nSPS) is 10.4. The zero-order valence-electron chi connectivity index (χ0n) is 11.2. The van der Waals surface area contributed by atoms with Crippen molar-refractivity contribution in [1.82, 2.24) is 0 Å². The molecule has 6 heteroatoms. The van der Waals surface area contributed by atoms with Gasteiger partial charge in [0.1, 0.15) is 0 Å². The van der Waals surface area contributed by atoms with Gasteiger partial charge in [-0.1, -0.05) is 30.3 Å². The fraction of sp³-hybridized carbons (Fsp3) is 0.133. The van der Waals surface area contributed by atoms with Crippen molar-refractivity contribution < 1.29 is 35.1 Å². The van der Waals surface area contributed by atoms with E-state index >= 15 is 0 Å². The summed E-state index contributed by atoms with van der Waals surface area (Å²) in [5, 5.41) is -0.406. The first kappa shape index (κ1) is 24.7. The van der Waals surface area contributed by atoms with Gasteiger partial charge < -0.3 is 4.55 Å². The van der Waals surface area contributed by atoms with E-state index in [9.17, 15) is 8.76 Å². The van der Waals surface area contributed by atoms with Crippen LogP contribution in [0.3, 0.4) is 0 Å². The number of rotatable bonds is 2. The van der Waals surface area contributed by atoms with Gasteiger partial charge in [-0.05, 0) is 23.6 Å². The first-order valence-corrected chi connectivity index (χ1v) is 6.56. The molecule has 0 N–H and O–H groups in total. The molecule has 0 amide bonds. The molecule has 2 aromatic rings. The van der Waals surface area contributed by atoms with Gasteiger partial charge in [0.05, 0.1) is 0 Å². The average molecular weight is 346 g/mol. The molecule has 0 bridgehead atoms. The maximum atomic E-state index is 10.5. The van der Waals surface area contributed by atoms with E-state index in [2.05, 4.69) is 13.3 Å². The second-order valence-electron chi connectivity index (χ2n) is 3.28. The van der Waals surface area contributed by atoms with E-state index in [1.165, 1.54) is 0 Å². The maximum Gasteiger partial charge on any atom is 0 e. The van der Waals surface area contributed by atoms with E-state index in [0.29, 0.717) is 0 Å². The molecule has 0 radical (unpaired) electrons. The Bertz CT molecular complexity index is 457. The van der Waals surface area contributed by atoms with Crippen molar-refractivity contribution in [3.05, 3.63) is 79.5 Å². The van der Waals surface area contributed by atoms with E-state index < -0.39 is 16.3 Å². The van der Waals surface area contributed by atoms with Gasteiger partial charge in [0.25, 0.3) is 0 Å². The van der Waals surface area contributed by atoms with Crippen molar-refractivity contribution in [1.29, 1.82) is 0 Å². The molecule has 21 heavy (non-hydrogen) atoms. The second kappa shape index (κ2) is 18.7. The third-order valence-corrected chi connectivity index (χ3v) is 2.96. The number of hydrogen-bond acceptors (Lipinski definition) is 2. The Morgan fingerprint density at radius 3 is 1.76 bits per heavy atom. The molecule has 0 heterocycles. The SMILES string of the molecule is CC(c1ccccc1)S(=O)[O-].[C-]#[O+].[C-]#[O+].[Fe].c1cc[cH-]c1. The second-order valence-corrected chi connectivity index (χ2v) is 4.50. The zero-order valence-corrected chi connectivity index (χ0v) is 13.2. The minimum atomic E-state index is -2.01. The molecule has 2 aromatic carbocycles. The van der Waals surface area contributed by atoms with Gasteiger partial charge in [-0.3, -0.25) is 4.21 Å². The molecule has 2 unspecified atom stereocenters. The summed E-state index contributed by atoms with van der Waals surface area (Å²) < 4.78 is 36.0. The monoisotopic (exact) mass is 346 g/mol. The quantitative estimate of drug-likeness (QED) is 0.363. The van der Waals surface area contributed by atoms with Gasteiger partial charge in [-0.25, -0.2) is 12.1 Å². The standard InChI is InChI=1S/C8H10O2S.C5H5.2CO.Fe/c1-7(11(9)10)8-5-3-2-4-6-8;1-2-4-5-3-1;2*1-2;/h2-7H,1H3,(H,9,10);1-5H;;;/q;-1;;;/p-1. The van der Waals surface area contributed by atoms with Gasteiger partial charge in [0, 0.05) is 22.3 Å². The zero-order chi connectivity index (χ0) is 15.8. The molecular formula is C15H14FeO4S-2. The summed E-state index contributed by atoms with van der Waals surface area (Å²) in [4.78, 5) is 0. The van der Waals surface area contributed by atoms with E-state index in [-0.39, 0.29) is 17.1 Å². The molecule has 0 saturated heterocycles. The Morgan fingerprint density at radius 2 is 1.48 bits per heavy atom. The Labute approximate surface area is 138 Å². The van der Waals surface area contributed by atoms with Crippen LogP contribution in [0.25, 0.3) is 0 Å². The molecule has 2 rings (SSSR count). The summed E-state index contributed by atoms with van der Waals surface area (Å²) in [5.41, 5.74) is 0.834. The van der Waals surface area contributed by atoms with Gasteiger partial charge >= 0.3 is 22.6 Å². The Kier molecular flexibility index (Phi) is 22.0. The van der Waals surface area contributed by atoms with Crippen LogP contribution in [0.4, 0.5) is 0 Å². The van der Waals surface area contributed by atoms with Crippen LogP contribution in [0.2, 0.25) is 0 Å². The third-order valence-electron chi connectivity index (χ3n) is 2.11. The molecular weight excluding hydrogens is 332 g/mol. The van der Waals surface area contributed by atoms with E-state index in [4.69, 9.17) is 9.30 Å². The summed E-state index contributed by atoms with van der Waals surface area (Å²) in [6, 6.07) is 19.1. The minimum absolute atomic E-state index is 0. The van der Waals surface area contributed by atoms with Crippen LogP contribution in [0.15, 0.2) is 60.7 Å². The van der Waals surface area contributed by atoms with Crippen LogP contribution in [0.5, 0.6) is 0 Å². The van der Waals surface area contributed by atoms with Crippen molar-refractivity contribution in [2.75, 3.05) is 0 Å². The first-order chi connectivity index (χ1) is 9.72. The molecule has 0 aliphatic heterocycles. The third kappa shape index (κ3) is 13.4. The Morgan fingerprint density at radius 1 is 1.05 bits per heavy atom. The molecule has 4 nitrogen and oxygen atoms in total. The maximum absolute atomic E-state index is 10.5. The Balaban J connectivity index is -0.000000273. The predicted molar refractivity (Wildman–Crippen MR) is 73.7 cm³/mol. The summed E-state index contributed by atoms with van der Waals surface area (Å²) in [6.45, 7) is 10.7. The number of hydrogen-bond donors (Lipinski definition) is 0. The minimum Gasteiger partial charge on any atom is -0.214 e. The van der Waals surface area contributed by atoms with Gasteiger partial charge in [0.15, 0.2) is 0 Å². The number of benzene rings is 1. The largest absolute Gasteiger partial charge is 0.214 e. The van der Waals surface area contributed by atoms with Crippen molar-refractivity contribution in [3.63, 3.8) is 0 Å². The van der Waals surface area contributed by atoms with Crippen molar-refractivity contribution in [3.8, 4) is 0 Å². The van der Waals surface area contributed by atoms with Gasteiger partial charge in [-0.2, -0.15) is 18.2 Å². The molecule has 0 spiro atoms. The van der Waals surface area contributed by atoms with Crippen LogP contribution in [0.1, 0.15) is 17.7 Å². The molecule has 0 aliphatic rings. The van der Waals surface area contributed by atoms with Gasteiger partial charge in [-0.15, -0.1) is 0 Å². The van der Waals surface area contributed by atoms with Crippen LogP contribution in [-0.2, 0) is 37.5 Å². The Hall–Kier alpha value is -1.32. The molecule has 114 valence electrons. The average Bonchev–Trinajstić information content (AvgIpc) is 3.11. The summed E-state index contributed by atoms with van der Waals surface area (Å²) in [6.07, 6.45) is 0. The summed E-state index contributed by atoms with van der Waals surface area (Å²) in [7, 11) is 0. The predicted octanol–water partition coefficient (Wildman–Crippen LogP) is 2.95. The fourth-order valence-electron chi connectivity index (χ4n) is 1.16. The van der Waals surface area contributed by atoms with E-state index in [1.807, 2.05) is 48.5 Å². The van der Waals surface area contributed by atoms with E-state index in [1.54, 1.807) is 19.1 Å². The molecule has 0 saturated carbocycles. The summed E-state index contributed by atoms with van der Waals surface area (Å²) >= 11 is -2.01. The van der Waals surface area contributed by atoms with Crippen molar-refractivity contribution >= 4 is 11.1 Å². The van der Waals surface area contributed by atoms with E-state index in [0.717, 1.165) is 5.56 Å². The molecule has 2 atom stereocenters. The van der Waals surface area contributed by atoms with Crippen LogP contribution in [0, 0.1) is 13.3 Å². The fourth-order valence-corrected chi connectivity index (χ4v) is 1.54. The molecule has 0 fully saturated rings. The first-order valence-electron chi connectivity index (χ1n) is 5.42. The summed E-state index contributed by atoms with van der Waals surface area (Å²) in [5.74, 6) is 0. The van der Waals surface area contributed by atoms with Crippen LogP contribution in [-0.4, -0.2) is 8.76 Å². The molecule has 0 aromatic heterocycles. The van der Waals surface area contributed by atoms with Crippen LogP contribution < -0.4 is 0 Å². The van der Waals surface area contributed by atoms with Crippen LogP contribution >= 0.6 is 0 Å². The molecule has 0 aliphatic carbocycles. The topological polar surface area (TPSA) is 79.9 Å². The van der Waals surface area contributed by atoms with Crippen molar-refractivity contribution in [2.24, 2.45) is 0 Å². The van der Waals surface area contributed by atoms with Crippen molar-refractivity contribution in [2.45, 2.75) is 12.2 Å².